The minimum absolute atomic E-state index is 0.264. The van der Waals surface area contributed by atoms with Gasteiger partial charge in [0.1, 0.15) is 0 Å². The minimum atomic E-state index is 0.264. The lowest BCUT2D eigenvalue weighted by Crippen LogP contribution is -2.14. The van der Waals surface area contributed by atoms with Crippen molar-refractivity contribution in [3.8, 4) is 0 Å². The quantitative estimate of drug-likeness (QED) is 0.696. The van der Waals surface area contributed by atoms with Crippen molar-refractivity contribution in [1.29, 1.82) is 0 Å². The van der Waals surface area contributed by atoms with E-state index in [1.807, 2.05) is 13.1 Å². The van der Waals surface area contributed by atoms with E-state index < -0.39 is 0 Å². The van der Waals surface area contributed by atoms with Crippen LogP contribution in [0.3, 0.4) is 0 Å². The van der Waals surface area contributed by atoms with E-state index in [9.17, 15) is 0 Å². The molecular weight excluding hydrogens is 158 g/mol. The van der Waals surface area contributed by atoms with Gasteiger partial charge in [-0.3, -0.25) is 0 Å². The molecule has 0 saturated heterocycles. The molecule has 1 rings (SSSR count). The van der Waals surface area contributed by atoms with Crippen molar-refractivity contribution in [2.75, 3.05) is 7.05 Å². The third-order valence-corrected chi connectivity index (χ3v) is 2.53. The van der Waals surface area contributed by atoms with Crippen LogP contribution in [0.15, 0.2) is 30.9 Å². The zero-order valence-electron chi connectivity index (χ0n) is 8.59. The standard InChI is InChI=1S/C12H17N/c1-5-12(13-4)11-8-6-7-9(2)10(11)3/h5-8,12-13H,1H2,2-4H3. The summed E-state index contributed by atoms with van der Waals surface area (Å²) in [5.74, 6) is 0. The van der Waals surface area contributed by atoms with Gasteiger partial charge in [-0.2, -0.15) is 0 Å². The highest BCUT2D eigenvalue weighted by Crippen LogP contribution is 2.20. The number of hydrogen-bond donors (Lipinski definition) is 1. The molecule has 1 N–H and O–H groups in total. The van der Waals surface area contributed by atoms with Crippen molar-refractivity contribution in [2.45, 2.75) is 19.9 Å². The first-order chi connectivity index (χ1) is 6.20. The van der Waals surface area contributed by atoms with Crippen LogP contribution in [0.4, 0.5) is 0 Å². The van der Waals surface area contributed by atoms with Crippen molar-refractivity contribution in [3.63, 3.8) is 0 Å². The summed E-state index contributed by atoms with van der Waals surface area (Å²) in [6.07, 6.45) is 1.93. The van der Waals surface area contributed by atoms with E-state index >= 15 is 0 Å². The molecule has 0 fully saturated rings. The molecule has 1 aromatic carbocycles. The summed E-state index contributed by atoms with van der Waals surface area (Å²) >= 11 is 0. The van der Waals surface area contributed by atoms with Gasteiger partial charge in [0.05, 0.1) is 6.04 Å². The van der Waals surface area contributed by atoms with Crippen LogP contribution in [-0.2, 0) is 0 Å². The lowest BCUT2D eigenvalue weighted by atomic mass is 9.98. The number of rotatable bonds is 3. The van der Waals surface area contributed by atoms with Crippen LogP contribution < -0.4 is 5.32 Å². The summed E-state index contributed by atoms with van der Waals surface area (Å²) < 4.78 is 0. The molecule has 0 aliphatic rings. The Balaban J connectivity index is 3.13. The van der Waals surface area contributed by atoms with Gasteiger partial charge < -0.3 is 5.32 Å². The summed E-state index contributed by atoms with van der Waals surface area (Å²) in [4.78, 5) is 0. The Labute approximate surface area is 80.5 Å². The fraction of sp³-hybridized carbons (Fsp3) is 0.333. The second kappa shape index (κ2) is 4.24. The highest BCUT2D eigenvalue weighted by Gasteiger charge is 2.07. The smallest absolute Gasteiger partial charge is 0.0503 e. The van der Waals surface area contributed by atoms with Crippen molar-refractivity contribution >= 4 is 0 Å². The van der Waals surface area contributed by atoms with Crippen molar-refractivity contribution < 1.29 is 0 Å². The first-order valence-electron chi connectivity index (χ1n) is 4.56. The molecular formula is C12H17N. The maximum absolute atomic E-state index is 3.82. The molecule has 1 aromatic rings. The van der Waals surface area contributed by atoms with E-state index in [-0.39, 0.29) is 6.04 Å². The van der Waals surface area contributed by atoms with Gasteiger partial charge in [0.2, 0.25) is 0 Å². The highest BCUT2D eigenvalue weighted by atomic mass is 14.9. The van der Waals surface area contributed by atoms with Crippen molar-refractivity contribution in [2.24, 2.45) is 0 Å². The third-order valence-electron chi connectivity index (χ3n) is 2.53. The predicted molar refractivity (Wildman–Crippen MR) is 57.9 cm³/mol. The average Bonchev–Trinajstić information content (AvgIpc) is 2.14. The Morgan fingerprint density at radius 2 is 2.08 bits per heavy atom. The van der Waals surface area contributed by atoms with E-state index in [1.54, 1.807) is 0 Å². The molecule has 0 heterocycles. The van der Waals surface area contributed by atoms with Gasteiger partial charge in [-0.1, -0.05) is 24.3 Å². The molecule has 70 valence electrons. The molecule has 1 atom stereocenters. The summed E-state index contributed by atoms with van der Waals surface area (Å²) in [5.41, 5.74) is 4.00. The molecule has 0 amide bonds. The molecule has 0 bridgehead atoms. The van der Waals surface area contributed by atoms with E-state index in [0.29, 0.717) is 0 Å². The van der Waals surface area contributed by atoms with Crippen molar-refractivity contribution in [3.05, 3.63) is 47.5 Å². The highest BCUT2D eigenvalue weighted by molar-refractivity contribution is 5.36. The number of benzene rings is 1. The molecule has 1 nitrogen and oxygen atoms in total. The summed E-state index contributed by atoms with van der Waals surface area (Å²) in [6.45, 7) is 8.10. The van der Waals surface area contributed by atoms with Gasteiger partial charge in [0.25, 0.3) is 0 Å². The molecule has 0 saturated carbocycles. The first kappa shape index (κ1) is 10.0. The van der Waals surface area contributed by atoms with Crippen LogP contribution in [0.5, 0.6) is 0 Å². The Morgan fingerprint density at radius 3 is 2.62 bits per heavy atom. The van der Waals surface area contributed by atoms with Crippen LogP contribution in [-0.4, -0.2) is 7.05 Å². The fourth-order valence-electron chi connectivity index (χ4n) is 1.51. The third kappa shape index (κ3) is 1.99. The predicted octanol–water partition coefficient (Wildman–Crippen LogP) is 2.75. The topological polar surface area (TPSA) is 12.0 Å². The number of hydrogen-bond acceptors (Lipinski definition) is 1. The molecule has 0 spiro atoms. The average molecular weight is 175 g/mol. The Bertz CT molecular complexity index is 302. The van der Waals surface area contributed by atoms with E-state index in [4.69, 9.17) is 0 Å². The van der Waals surface area contributed by atoms with Crippen LogP contribution in [0.2, 0.25) is 0 Å². The zero-order valence-corrected chi connectivity index (χ0v) is 8.59. The molecule has 0 radical (unpaired) electrons. The molecule has 0 aliphatic carbocycles. The van der Waals surface area contributed by atoms with E-state index in [0.717, 1.165) is 0 Å². The maximum Gasteiger partial charge on any atom is 0.0503 e. The van der Waals surface area contributed by atoms with Gasteiger partial charge in [-0.25, -0.2) is 0 Å². The Morgan fingerprint density at radius 1 is 1.38 bits per heavy atom. The molecule has 0 aromatic heterocycles. The number of nitrogens with one attached hydrogen (secondary N) is 1. The lowest BCUT2D eigenvalue weighted by molar-refractivity contribution is 0.711. The summed E-state index contributed by atoms with van der Waals surface area (Å²) in [6, 6.07) is 6.63. The molecule has 1 unspecified atom stereocenters. The Hall–Kier alpha value is -1.08. The largest absolute Gasteiger partial charge is 0.310 e. The van der Waals surface area contributed by atoms with Gasteiger partial charge in [-0.05, 0) is 37.6 Å². The monoisotopic (exact) mass is 175 g/mol. The molecule has 0 aliphatic heterocycles. The Kier molecular flexibility index (Phi) is 3.26. The van der Waals surface area contributed by atoms with Crippen LogP contribution in [0.1, 0.15) is 22.7 Å². The summed E-state index contributed by atoms with van der Waals surface area (Å²) in [7, 11) is 1.95. The van der Waals surface area contributed by atoms with Crippen molar-refractivity contribution in [1.82, 2.24) is 5.32 Å². The second-order valence-corrected chi connectivity index (χ2v) is 3.29. The zero-order chi connectivity index (χ0) is 9.84. The number of likely N-dealkylation sites (N-methyl/N-ethyl adjacent to an activating group) is 1. The second-order valence-electron chi connectivity index (χ2n) is 3.29. The van der Waals surface area contributed by atoms with E-state index in [2.05, 4.69) is 43.9 Å². The molecule has 13 heavy (non-hydrogen) atoms. The SMILES string of the molecule is C=CC(NC)c1cccc(C)c1C. The summed E-state index contributed by atoms with van der Waals surface area (Å²) in [5, 5.41) is 3.22. The maximum atomic E-state index is 3.82. The van der Waals surface area contributed by atoms with Crippen LogP contribution in [0, 0.1) is 13.8 Å². The lowest BCUT2D eigenvalue weighted by Gasteiger charge is -2.15. The minimum Gasteiger partial charge on any atom is -0.310 e. The number of aryl methyl sites for hydroxylation is 1. The van der Waals surface area contributed by atoms with Crippen LogP contribution in [0.25, 0.3) is 0 Å². The van der Waals surface area contributed by atoms with Gasteiger partial charge >= 0.3 is 0 Å². The van der Waals surface area contributed by atoms with Gasteiger partial charge in [0, 0.05) is 0 Å². The normalized spacial score (nSPS) is 12.5. The fourth-order valence-corrected chi connectivity index (χ4v) is 1.51. The van der Waals surface area contributed by atoms with E-state index in [1.165, 1.54) is 16.7 Å². The van der Waals surface area contributed by atoms with Crippen LogP contribution >= 0.6 is 0 Å². The van der Waals surface area contributed by atoms with Gasteiger partial charge in [-0.15, -0.1) is 6.58 Å². The molecule has 1 heteroatoms. The van der Waals surface area contributed by atoms with Gasteiger partial charge in [0.15, 0.2) is 0 Å². The first-order valence-corrected chi connectivity index (χ1v) is 4.56.